The van der Waals surface area contributed by atoms with Crippen molar-refractivity contribution in [1.29, 1.82) is 0 Å². The second-order valence-electron chi connectivity index (χ2n) is 7.37. The first-order chi connectivity index (χ1) is 14.6. The topological polar surface area (TPSA) is 114 Å². The van der Waals surface area contributed by atoms with Crippen LogP contribution >= 0.6 is 0 Å². The number of rotatable bonds is 7. The first kappa shape index (κ1) is 19.9. The fourth-order valence-electron chi connectivity index (χ4n) is 3.91. The normalized spacial score (nSPS) is 18.2. The zero-order valence-corrected chi connectivity index (χ0v) is 16.5. The van der Waals surface area contributed by atoms with Crippen LogP contribution in [0.5, 0.6) is 5.75 Å². The Balaban J connectivity index is 1.48. The molecule has 30 heavy (non-hydrogen) atoms. The number of hydrogen-bond acceptors (Lipinski definition) is 6. The van der Waals surface area contributed by atoms with Crippen LogP contribution in [0.3, 0.4) is 0 Å². The van der Waals surface area contributed by atoms with E-state index in [1.807, 2.05) is 42.5 Å². The number of anilines is 1. The molecule has 1 fully saturated rings. The predicted octanol–water partition coefficient (Wildman–Crippen LogP) is 1.40. The highest BCUT2D eigenvalue weighted by Crippen LogP contribution is 2.30. The van der Waals surface area contributed by atoms with E-state index in [-0.39, 0.29) is 18.2 Å². The van der Waals surface area contributed by atoms with Gasteiger partial charge in [-0.25, -0.2) is 0 Å². The van der Waals surface area contributed by atoms with E-state index in [0.717, 1.165) is 22.6 Å². The standard InChI is InChI=1S/C22H24N4O4/c23-9-10-30-17-6-2-5-16(11-17)24-12-14-3-1-4-15-13-26(22(29)20(14)15)18-7-8-19(27)25-21(18)28/h1-6,11,18,24H,7-10,12-13,23H2,(H,25,27,28). The largest absolute Gasteiger partial charge is 0.492 e. The van der Waals surface area contributed by atoms with E-state index in [1.165, 1.54) is 0 Å². The lowest BCUT2D eigenvalue weighted by atomic mass is 10.0. The van der Waals surface area contributed by atoms with Crippen LogP contribution < -0.4 is 21.1 Å². The number of carbonyl (C=O) groups excluding carboxylic acids is 3. The number of carbonyl (C=O) groups is 3. The summed E-state index contributed by atoms with van der Waals surface area (Å²) in [6.45, 7) is 1.72. The molecular weight excluding hydrogens is 384 g/mol. The Kier molecular flexibility index (Phi) is 5.67. The second kappa shape index (κ2) is 8.54. The number of imide groups is 1. The summed E-state index contributed by atoms with van der Waals surface area (Å²) >= 11 is 0. The van der Waals surface area contributed by atoms with Gasteiger partial charge in [-0.3, -0.25) is 19.7 Å². The lowest BCUT2D eigenvalue weighted by Gasteiger charge is -2.29. The van der Waals surface area contributed by atoms with Gasteiger partial charge >= 0.3 is 0 Å². The van der Waals surface area contributed by atoms with E-state index >= 15 is 0 Å². The van der Waals surface area contributed by atoms with Crippen molar-refractivity contribution in [3.05, 3.63) is 59.2 Å². The second-order valence-corrected chi connectivity index (χ2v) is 7.37. The van der Waals surface area contributed by atoms with Crippen LogP contribution in [0.15, 0.2) is 42.5 Å². The molecule has 2 aromatic carbocycles. The molecule has 156 valence electrons. The van der Waals surface area contributed by atoms with Crippen molar-refractivity contribution in [2.24, 2.45) is 5.73 Å². The first-order valence-corrected chi connectivity index (χ1v) is 9.99. The molecule has 4 rings (SSSR count). The third kappa shape index (κ3) is 3.99. The molecule has 1 saturated heterocycles. The molecule has 0 bridgehead atoms. The van der Waals surface area contributed by atoms with E-state index in [1.54, 1.807) is 4.90 Å². The molecular formula is C22H24N4O4. The Morgan fingerprint density at radius 1 is 1.17 bits per heavy atom. The van der Waals surface area contributed by atoms with Crippen molar-refractivity contribution in [3.63, 3.8) is 0 Å². The van der Waals surface area contributed by atoms with E-state index in [4.69, 9.17) is 10.5 Å². The van der Waals surface area contributed by atoms with Crippen molar-refractivity contribution in [2.75, 3.05) is 18.5 Å². The fourth-order valence-corrected chi connectivity index (χ4v) is 3.91. The number of hydrogen-bond donors (Lipinski definition) is 3. The Morgan fingerprint density at radius 3 is 2.80 bits per heavy atom. The Hall–Kier alpha value is -3.39. The summed E-state index contributed by atoms with van der Waals surface area (Å²) in [4.78, 5) is 38.4. The number of piperidine rings is 1. The Labute approximate surface area is 174 Å². The van der Waals surface area contributed by atoms with Gasteiger partial charge in [0.25, 0.3) is 5.91 Å². The molecule has 1 atom stereocenters. The summed E-state index contributed by atoms with van der Waals surface area (Å²) < 4.78 is 5.55. The number of ether oxygens (including phenoxy) is 1. The third-order valence-electron chi connectivity index (χ3n) is 5.34. The van der Waals surface area contributed by atoms with Crippen molar-refractivity contribution in [3.8, 4) is 5.75 Å². The molecule has 2 aliphatic rings. The number of nitrogens with one attached hydrogen (secondary N) is 2. The smallest absolute Gasteiger partial charge is 0.255 e. The minimum atomic E-state index is -0.611. The summed E-state index contributed by atoms with van der Waals surface area (Å²) in [6, 6.07) is 12.7. The molecule has 0 spiro atoms. The lowest BCUT2D eigenvalue weighted by Crippen LogP contribution is -2.52. The van der Waals surface area contributed by atoms with Crippen LogP contribution in [0.4, 0.5) is 5.69 Å². The quantitative estimate of drug-likeness (QED) is 0.597. The number of amides is 3. The zero-order chi connectivity index (χ0) is 21.1. The van der Waals surface area contributed by atoms with Crippen LogP contribution in [-0.2, 0) is 22.7 Å². The van der Waals surface area contributed by atoms with Gasteiger partial charge in [0.05, 0.1) is 0 Å². The van der Waals surface area contributed by atoms with E-state index < -0.39 is 11.9 Å². The fraction of sp³-hybridized carbons (Fsp3) is 0.318. The molecule has 2 aliphatic heterocycles. The maximum absolute atomic E-state index is 13.1. The number of nitrogens with two attached hydrogens (primary N) is 1. The van der Waals surface area contributed by atoms with Gasteiger partial charge in [0.1, 0.15) is 18.4 Å². The molecule has 3 amide bonds. The molecule has 1 unspecified atom stereocenters. The van der Waals surface area contributed by atoms with Crippen LogP contribution in [0.2, 0.25) is 0 Å². The summed E-state index contributed by atoms with van der Waals surface area (Å²) in [6.07, 6.45) is 0.598. The van der Waals surface area contributed by atoms with Gasteiger partial charge in [-0.2, -0.15) is 0 Å². The van der Waals surface area contributed by atoms with Crippen molar-refractivity contribution in [2.45, 2.75) is 32.0 Å². The molecule has 2 heterocycles. The van der Waals surface area contributed by atoms with Crippen molar-refractivity contribution in [1.82, 2.24) is 10.2 Å². The first-order valence-electron chi connectivity index (χ1n) is 9.99. The number of nitrogens with zero attached hydrogens (tertiary/aromatic N) is 1. The molecule has 2 aromatic rings. The zero-order valence-electron chi connectivity index (χ0n) is 16.5. The van der Waals surface area contributed by atoms with Crippen molar-refractivity contribution >= 4 is 23.4 Å². The molecule has 0 radical (unpaired) electrons. The maximum Gasteiger partial charge on any atom is 0.255 e. The summed E-state index contributed by atoms with van der Waals surface area (Å²) in [5, 5.41) is 5.66. The average Bonchev–Trinajstić information content (AvgIpc) is 3.08. The highest BCUT2D eigenvalue weighted by molar-refractivity contribution is 6.06. The number of benzene rings is 2. The maximum atomic E-state index is 13.1. The van der Waals surface area contributed by atoms with Crippen LogP contribution in [0.1, 0.15) is 34.3 Å². The summed E-state index contributed by atoms with van der Waals surface area (Å²) in [7, 11) is 0. The van der Waals surface area contributed by atoms with E-state index in [0.29, 0.717) is 38.2 Å². The van der Waals surface area contributed by atoms with Crippen LogP contribution in [0.25, 0.3) is 0 Å². The van der Waals surface area contributed by atoms with Gasteiger partial charge in [-0.15, -0.1) is 0 Å². The molecule has 8 heteroatoms. The van der Waals surface area contributed by atoms with E-state index in [9.17, 15) is 14.4 Å². The van der Waals surface area contributed by atoms with Crippen molar-refractivity contribution < 1.29 is 19.1 Å². The third-order valence-corrected chi connectivity index (χ3v) is 5.34. The monoisotopic (exact) mass is 408 g/mol. The molecule has 8 nitrogen and oxygen atoms in total. The molecule has 0 aromatic heterocycles. The van der Waals surface area contributed by atoms with Gasteiger partial charge in [-0.05, 0) is 29.7 Å². The van der Waals surface area contributed by atoms with Gasteiger partial charge in [0.15, 0.2) is 0 Å². The summed E-state index contributed by atoms with van der Waals surface area (Å²) in [5.41, 5.74) is 8.73. The molecule has 0 aliphatic carbocycles. The van der Waals surface area contributed by atoms with Gasteiger partial charge in [0, 0.05) is 43.4 Å². The van der Waals surface area contributed by atoms with Gasteiger partial charge in [-0.1, -0.05) is 24.3 Å². The summed E-state index contributed by atoms with van der Waals surface area (Å²) in [5.74, 6) is -0.134. The number of fused-ring (bicyclic) bond motifs is 1. The minimum absolute atomic E-state index is 0.170. The molecule has 0 saturated carbocycles. The van der Waals surface area contributed by atoms with Crippen LogP contribution in [0, 0.1) is 0 Å². The average molecular weight is 408 g/mol. The van der Waals surface area contributed by atoms with E-state index in [2.05, 4.69) is 10.6 Å². The minimum Gasteiger partial charge on any atom is -0.492 e. The predicted molar refractivity (Wildman–Crippen MR) is 111 cm³/mol. The SMILES string of the molecule is NCCOc1cccc(NCc2cccc3c2C(=O)N(C2CCC(=O)NC2=O)C3)c1. The van der Waals surface area contributed by atoms with Gasteiger partial charge in [0.2, 0.25) is 11.8 Å². The highest BCUT2D eigenvalue weighted by Gasteiger charge is 2.39. The molecule has 4 N–H and O–H groups in total. The highest BCUT2D eigenvalue weighted by atomic mass is 16.5. The Morgan fingerprint density at radius 2 is 2.00 bits per heavy atom. The Bertz CT molecular complexity index is 991. The van der Waals surface area contributed by atoms with Crippen LogP contribution in [-0.4, -0.2) is 41.8 Å². The van der Waals surface area contributed by atoms with Gasteiger partial charge < -0.3 is 20.7 Å². The lowest BCUT2D eigenvalue weighted by molar-refractivity contribution is -0.136.